The molecule has 2 heteroatoms. The molecule has 2 atom stereocenters. The Kier molecular flexibility index (Phi) is 3.84. The van der Waals surface area contributed by atoms with Gasteiger partial charge in [-0.3, -0.25) is 0 Å². The van der Waals surface area contributed by atoms with E-state index < -0.39 is 5.60 Å². The zero-order valence-electron chi connectivity index (χ0n) is 11.7. The summed E-state index contributed by atoms with van der Waals surface area (Å²) in [5, 5.41) is 10.9. The highest BCUT2D eigenvalue weighted by Crippen LogP contribution is 2.47. The summed E-state index contributed by atoms with van der Waals surface area (Å²) in [4.78, 5) is 0. The van der Waals surface area contributed by atoms with Crippen LogP contribution in [-0.4, -0.2) is 22.9 Å². The third-order valence-electron chi connectivity index (χ3n) is 5.28. The first-order valence-corrected chi connectivity index (χ1v) is 7.39. The predicted octanol–water partition coefficient (Wildman–Crippen LogP) is 3.52. The molecule has 2 aliphatic rings. The summed E-state index contributed by atoms with van der Waals surface area (Å²) < 4.78 is 6.06. The van der Waals surface area contributed by atoms with Gasteiger partial charge in [-0.2, -0.15) is 0 Å². The number of hydrogen-bond acceptors (Lipinski definition) is 2. The van der Waals surface area contributed by atoms with E-state index in [1.807, 2.05) is 0 Å². The minimum Gasteiger partial charge on any atom is -0.389 e. The second kappa shape index (κ2) is 4.89. The summed E-state index contributed by atoms with van der Waals surface area (Å²) >= 11 is 0. The van der Waals surface area contributed by atoms with Gasteiger partial charge in [-0.25, -0.2) is 0 Å². The Bertz CT molecular complexity index is 256. The Balaban J connectivity index is 2.10. The van der Waals surface area contributed by atoms with Crippen LogP contribution in [0.15, 0.2) is 0 Å². The molecule has 2 nitrogen and oxygen atoms in total. The lowest BCUT2D eigenvalue weighted by atomic mass is 9.69. The molecule has 1 aliphatic heterocycles. The van der Waals surface area contributed by atoms with Crippen LogP contribution < -0.4 is 0 Å². The van der Waals surface area contributed by atoms with Crippen molar-refractivity contribution in [2.45, 2.75) is 76.9 Å². The molecule has 1 N–H and O–H groups in total. The van der Waals surface area contributed by atoms with Crippen molar-refractivity contribution in [2.75, 3.05) is 6.61 Å². The average molecular weight is 240 g/mol. The summed E-state index contributed by atoms with van der Waals surface area (Å²) in [7, 11) is 0. The maximum Gasteiger partial charge on any atom is 0.0697 e. The Labute approximate surface area is 106 Å². The first-order chi connectivity index (χ1) is 8.02. The number of hydrogen-bond donors (Lipinski definition) is 1. The van der Waals surface area contributed by atoms with Crippen LogP contribution in [0, 0.1) is 11.8 Å². The van der Waals surface area contributed by atoms with Crippen molar-refractivity contribution in [1.29, 1.82) is 0 Å². The van der Waals surface area contributed by atoms with Gasteiger partial charge in [0.05, 0.1) is 11.2 Å². The Hall–Kier alpha value is -0.0800. The standard InChI is InChI=1S/C15H28O2/c1-4-15(16,12(2)3)13-7-10-17-14(11-13)8-5-6-9-14/h12-13,16H,4-11H2,1-3H3. The second-order valence-electron chi connectivity index (χ2n) is 6.43. The molecule has 0 bridgehead atoms. The normalized spacial score (nSPS) is 31.9. The van der Waals surface area contributed by atoms with Gasteiger partial charge in [0.25, 0.3) is 0 Å². The molecule has 1 aliphatic carbocycles. The fourth-order valence-electron chi connectivity index (χ4n) is 3.99. The van der Waals surface area contributed by atoms with Gasteiger partial charge in [-0.15, -0.1) is 0 Å². The minimum absolute atomic E-state index is 0.126. The van der Waals surface area contributed by atoms with Gasteiger partial charge in [-0.1, -0.05) is 33.6 Å². The number of ether oxygens (including phenoxy) is 1. The van der Waals surface area contributed by atoms with Crippen molar-refractivity contribution in [1.82, 2.24) is 0 Å². The smallest absolute Gasteiger partial charge is 0.0697 e. The summed E-state index contributed by atoms with van der Waals surface area (Å²) in [6.07, 6.45) is 8.01. The van der Waals surface area contributed by atoms with Gasteiger partial charge >= 0.3 is 0 Å². The van der Waals surface area contributed by atoms with Gasteiger partial charge in [0.15, 0.2) is 0 Å². The lowest BCUT2D eigenvalue weighted by molar-refractivity contribution is -0.154. The maximum absolute atomic E-state index is 10.9. The molecule has 1 saturated carbocycles. The molecule has 17 heavy (non-hydrogen) atoms. The van der Waals surface area contributed by atoms with Gasteiger partial charge in [0, 0.05) is 6.61 Å². The lowest BCUT2D eigenvalue weighted by Crippen LogP contribution is -2.50. The summed E-state index contributed by atoms with van der Waals surface area (Å²) in [5.74, 6) is 0.772. The van der Waals surface area contributed by atoms with Crippen molar-refractivity contribution in [2.24, 2.45) is 11.8 Å². The molecule has 1 heterocycles. The van der Waals surface area contributed by atoms with E-state index in [4.69, 9.17) is 4.74 Å². The number of rotatable bonds is 3. The van der Waals surface area contributed by atoms with Gasteiger partial charge < -0.3 is 9.84 Å². The quantitative estimate of drug-likeness (QED) is 0.818. The van der Waals surface area contributed by atoms with Crippen molar-refractivity contribution < 1.29 is 9.84 Å². The van der Waals surface area contributed by atoms with Crippen LogP contribution in [0.5, 0.6) is 0 Å². The third-order valence-corrected chi connectivity index (χ3v) is 5.28. The SMILES string of the molecule is CCC(O)(C(C)C)C1CCOC2(CCCC2)C1. The highest BCUT2D eigenvalue weighted by Gasteiger charge is 2.47. The fourth-order valence-corrected chi connectivity index (χ4v) is 3.99. The van der Waals surface area contributed by atoms with Crippen molar-refractivity contribution in [3.8, 4) is 0 Å². The molecule has 0 aromatic carbocycles. The molecule has 0 aromatic rings. The van der Waals surface area contributed by atoms with Gasteiger partial charge in [-0.05, 0) is 43.9 Å². The van der Waals surface area contributed by atoms with Gasteiger partial charge in [0.2, 0.25) is 0 Å². The Morgan fingerprint density at radius 2 is 2.00 bits per heavy atom. The lowest BCUT2D eigenvalue weighted by Gasteiger charge is -2.47. The molecular weight excluding hydrogens is 212 g/mol. The monoisotopic (exact) mass is 240 g/mol. The van der Waals surface area contributed by atoms with Crippen LogP contribution in [-0.2, 0) is 4.74 Å². The van der Waals surface area contributed by atoms with Crippen molar-refractivity contribution in [3.63, 3.8) is 0 Å². The topological polar surface area (TPSA) is 29.5 Å². The van der Waals surface area contributed by atoms with Crippen LogP contribution >= 0.6 is 0 Å². The van der Waals surface area contributed by atoms with Crippen molar-refractivity contribution in [3.05, 3.63) is 0 Å². The summed E-state index contributed by atoms with van der Waals surface area (Å²) in [6.45, 7) is 7.27. The van der Waals surface area contributed by atoms with Crippen LogP contribution in [0.4, 0.5) is 0 Å². The van der Waals surface area contributed by atoms with Crippen LogP contribution in [0.1, 0.15) is 65.7 Å². The predicted molar refractivity (Wildman–Crippen MR) is 70.0 cm³/mol. The largest absolute Gasteiger partial charge is 0.389 e. The summed E-state index contributed by atoms with van der Waals surface area (Å²) in [5.41, 5.74) is -0.361. The molecule has 0 aromatic heterocycles. The van der Waals surface area contributed by atoms with E-state index in [2.05, 4.69) is 20.8 Å². The highest BCUT2D eigenvalue weighted by atomic mass is 16.5. The zero-order valence-corrected chi connectivity index (χ0v) is 11.7. The van der Waals surface area contributed by atoms with Crippen molar-refractivity contribution >= 4 is 0 Å². The molecular formula is C15H28O2. The summed E-state index contributed by atoms with van der Waals surface area (Å²) in [6, 6.07) is 0. The molecule has 2 rings (SSSR count). The van der Waals surface area contributed by atoms with Crippen LogP contribution in [0.3, 0.4) is 0 Å². The molecule has 100 valence electrons. The maximum atomic E-state index is 10.9. The highest BCUT2D eigenvalue weighted by molar-refractivity contribution is 4.98. The Morgan fingerprint density at radius 3 is 2.53 bits per heavy atom. The minimum atomic E-state index is -0.487. The fraction of sp³-hybridized carbons (Fsp3) is 1.00. The third kappa shape index (κ3) is 2.39. The molecule has 0 amide bonds. The molecule has 1 spiro atoms. The first-order valence-electron chi connectivity index (χ1n) is 7.39. The Morgan fingerprint density at radius 1 is 1.35 bits per heavy atom. The van der Waals surface area contributed by atoms with E-state index in [-0.39, 0.29) is 5.60 Å². The van der Waals surface area contributed by atoms with E-state index in [9.17, 15) is 5.11 Å². The van der Waals surface area contributed by atoms with Crippen LogP contribution in [0.25, 0.3) is 0 Å². The van der Waals surface area contributed by atoms with E-state index in [0.717, 1.165) is 25.9 Å². The molecule has 1 saturated heterocycles. The van der Waals surface area contributed by atoms with E-state index in [1.165, 1.54) is 25.7 Å². The first kappa shape index (κ1) is 13.4. The molecule has 2 fully saturated rings. The average Bonchev–Trinajstić information content (AvgIpc) is 2.76. The molecule has 2 unspecified atom stereocenters. The zero-order chi connectivity index (χ0) is 12.5. The second-order valence-corrected chi connectivity index (χ2v) is 6.43. The van der Waals surface area contributed by atoms with E-state index in [1.54, 1.807) is 0 Å². The molecule has 0 radical (unpaired) electrons. The number of aliphatic hydroxyl groups is 1. The van der Waals surface area contributed by atoms with Gasteiger partial charge in [0.1, 0.15) is 0 Å². The van der Waals surface area contributed by atoms with E-state index >= 15 is 0 Å². The van der Waals surface area contributed by atoms with Crippen LogP contribution in [0.2, 0.25) is 0 Å². The van der Waals surface area contributed by atoms with E-state index in [0.29, 0.717) is 11.8 Å².